The Labute approximate surface area is 209 Å². The van der Waals surface area contributed by atoms with Crippen molar-refractivity contribution >= 4 is 63.0 Å². The number of halogens is 3. The molecule has 0 bridgehead atoms. The second-order valence-corrected chi connectivity index (χ2v) is 7.80. The van der Waals surface area contributed by atoms with Gasteiger partial charge in [-0.05, 0) is 30.7 Å². The minimum Gasteiger partial charge on any atom is -0.271 e. The van der Waals surface area contributed by atoms with Crippen molar-refractivity contribution in [2.75, 3.05) is 5.43 Å². The van der Waals surface area contributed by atoms with Crippen LogP contribution in [0.3, 0.4) is 0 Å². The molecule has 172 valence electrons. The van der Waals surface area contributed by atoms with Gasteiger partial charge in [-0.3, -0.25) is 25.7 Å². The van der Waals surface area contributed by atoms with E-state index in [0.717, 1.165) is 17.3 Å². The maximum absolute atomic E-state index is 11.4. The summed E-state index contributed by atoms with van der Waals surface area (Å²) in [6.45, 7) is 4.27. The van der Waals surface area contributed by atoms with Crippen molar-refractivity contribution < 1.29 is 14.4 Å². The van der Waals surface area contributed by atoms with Gasteiger partial charge in [-0.15, -0.1) is 17.0 Å². The molecule has 0 fully saturated rings. The summed E-state index contributed by atoms with van der Waals surface area (Å²) >= 11 is 12.2. The Morgan fingerprint density at radius 2 is 1.73 bits per heavy atom. The molecule has 0 unspecified atom stereocenters. The highest BCUT2D eigenvalue weighted by molar-refractivity contribution is 8.93. The molecule has 1 aromatic heterocycles. The van der Waals surface area contributed by atoms with Crippen LogP contribution in [-0.2, 0) is 6.54 Å². The maximum atomic E-state index is 11.4. The van der Waals surface area contributed by atoms with Gasteiger partial charge in [-0.25, -0.2) is 0 Å². The number of nitrogens with one attached hydrogen (secondary N) is 1. The third-order valence-corrected chi connectivity index (χ3v) is 5.42. The minimum atomic E-state index is -0.706. The van der Waals surface area contributed by atoms with Gasteiger partial charge in [0.05, 0.1) is 26.0 Å². The molecule has 0 aliphatic carbocycles. The molecule has 0 saturated carbocycles. The van der Waals surface area contributed by atoms with Gasteiger partial charge in [0.15, 0.2) is 18.4 Å². The van der Waals surface area contributed by atoms with E-state index in [0.29, 0.717) is 27.9 Å². The summed E-state index contributed by atoms with van der Waals surface area (Å²) in [7, 11) is 0. The first-order valence-electron chi connectivity index (χ1n) is 9.33. The van der Waals surface area contributed by atoms with Crippen molar-refractivity contribution in [3.63, 3.8) is 0 Å². The zero-order valence-electron chi connectivity index (χ0n) is 17.5. The van der Waals surface area contributed by atoms with Crippen molar-refractivity contribution in [1.29, 1.82) is 0 Å². The molecular formula is C21H19BrCl2N5O4+. The molecule has 12 heteroatoms. The molecule has 33 heavy (non-hydrogen) atoms. The number of non-ortho nitro benzene ring substituents is 1. The number of nitro benzene ring substituents is 2. The lowest BCUT2D eigenvalue weighted by molar-refractivity contribution is -0.687. The smallest absolute Gasteiger partial charge is 0.271 e. The summed E-state index contributed by atoms with van der Waals surface area (Å²) in [4.78, 5) is 21.0. The minimum absolute atomic E-state index is 0. The molecule has 1 N–H and O–H groups in total. The van der Waals surface area contributed by atoms with Crippen LogP contribution in [-0.4, -0.2) is 15.6 Å². The predicted octanol–water partition coefficient (Wildman–Crippen LogP) is 5.81. The van der Waals surface area contributed by atoms with Gasteiger partial charge >= 0.3 is 5.69 Å². The van der Waals surface area contributed by atoms with Crippen LogP contribution in [0, 0.1) is 34.1 Å². The van der Waals surface area contributed by atoms with Gasteiger partial charge in [0.25, 0.3) is 5.69 Å². The summed E-state index contributed by atoms with van der Waals surface area (Å²) in [5.74, 6) is 0. The quantitative estimate of drug-likeness (QED) is 0.171. The van der Waals surface area contributed by atoms with E-state index < -0.39 is 15.5 Å². The second kappa shape index (κ2) is 11.2. The van der Waals surface area contributed by atoms with Gasteiger partial charge in [0.1, 0.15) is 11.4 Å². The van der Waals surface area contributed by atoms with Crippen LogP contribution in [0.5, 0.6) is 0 Å². The number of aryl methyl sites for hydroxylation is 2. The molecule has 9 nitrogen and oxygen atoms in total. The average Bonchev–Trinajstić information content (AvgIpc) is 2.74. The normalized spacial score (nSPS) is 11.0. The fraction of sp³-hybridized carbons (Fsp3) is 0.143. The van der Waals surface area contributed by atoms with E-state index in [1.54, 1.807) is 18.2 Å². The van der Waals surface area contributed by atoms with E-state index in [1.165, 1.54) is 12.1 Å². The number of aromatic nitrogens is 1. The van der Waals surface area contributed by atoms with E-state index in [9.17, 15) is 20.2 Å². The Morgan fingerprint density at radius 3 is 2.33 bits per heavy atom. The van der Waals surface area contributed by atoms with Crippen LogP contribution in [0.2, 0.25) is 10.0 Å². The largest absolute Gasteiger partial charge is 0.301 e. The predicted molar refractivity (Wildman–Crippen MR) is 133 cm³/mol. The number of hydrogen-bond acceptors (Lipinski definition) is 6. The lowest BCUT2D eigenvalue weighted by atomic mass is 10.1. The average molecular weight is 556 g/mol. The van der Waals surface area contributed by atoms with E-state index in [1.807, 2.05) is 36.7 Å². The van der Waals surface area contributed by atoms with Crippen molar-refractivity contribution in [1.82, 2.24) is 0 Å². The van der Waals surface area contributed by atoms with Crippen molar-refractivity contribution in [2.24, 2.45) is 5.10 Å². The van der Waals surface area contributed by atoms with Gasteiger partial charge < -0.3 is 0 Å². The van der Waals surface area contributed by atoms with Crippen LogP contribution in [0.25, 0.3) is 0 Å². The zero-order chi connectivity index (χ0) is 23.4. The molecule has 0 spiro atoms. The van der Waals surface area contributed by atoms with Crippen LogP contribution in [0.15, 0.2) is 59.8 Å². The molecule has 0 atom stereocenters. The van der Waals surface area contributed by atoms with Gasteiger partial charge in [0.2, 0.25) is 0 Å². The lowest BCUT2D eigenvalue weighted by Crippen LogP contribution is -2.41. The molecule has 0 amide bonds. The Bertz CT molecular complexity index is 1250. The number of nitro groups is 2. The lowest BCUT2D eigenvalue weighted by Gasteiger charge is -2.09. The number of rotatable bonds is 7. The fourth-order valence-electron chi connectivity index (χ4n) is 3.00. The first-order valence-corrected chi connectivity index (χ1v) is 10.1. The molecule has 3 rings (SSSR count). The molecular weight excluding hydrogens is 537 g/mol. The van der Waals surface area contributed by atoms with Gasteiger partial charge in [-0.2, -0.15) is 9.67 Å². The second-order valence-electron chi connectivity index (χ2n) is 6.99. The van der Waals surface area contributed by atoms with Crippen molar-refractivity contribution in [3.8, 4) is 0 Å². The van der Waals surface area contributed by atoms with E-state index >= 15 is 0 Å². The van der Waals surface area contributed by atoms with Crippen molar-refractivity contribution in [2.45, 2.75) is 20.4 Å². The molecule has 1 heterocycles. The summed E-state index contributed by atoms with van der Waals surface area (Å²) in [6, 6.07) is 12.3. The standard InChI is InChI=1S/C21H18Cl2N5O4.BrH/c1-13-7-8-26(14(2)9-13)12-20(15-3-5-17(22)18(23)10-15)25-24-19-6-4-16(27(29)30)11-21(19)28(31)32;/h3-11,24H,12H2,1-2H3;1H/q+1;/b25-20-;. The summed E-state index contributed by atoms with van der Waals surface area (Å²) in [6.07, 6.45) is 1.91. The molecule has 2 aromatic carbocycles. The van der Waals surface area contributed by atoms with Crippen molar-refractivity contribution in [3.05, 3.63) is 102 Å². The van der Waals surface area contributed by atoms with Gasteiger partial charge in [-0.1, -0.05) is 29.3 Å². The Morgan fingerprint density at radius 1 is 1.00 bits per heavy atom. The summed E-state index contributed by atoms with van der Waals surface area (Å²) in [5, 5.41) is 27.5. The highest BCUT2D eigenvalue weighted by Crippen LogP contribution is 2.29. The molecule has 0 aliphatic heterocycles. The topological polar surface area (TPSA) is 115 Å². The summed E-state index contributed by atoms with van der Waals surface area (Å²) < 4.78 is 1.96. The monoisotopic (exact) mass is 554 g/mol. The number of hydrogen-bond donors (Lipinski definition) is 1. The SMILES string of the molecule is Br.Cc1cc[n+](C/C(=N/Nc2ccc([N+](=O)[O-])cc2[N+](=O)[O-])c2ccc(Cl)c(Cl)c2)c(C)c1. The molecule has 0 saturated heterocycles. The summed E-state index contributed by atoms with van der Waals surface area (Å²) in [5.41, 5.74) is 5.11. The zero-order valence-corrected chi connectivity index (χ0v) is 20.7. The highest BCUT2D eigenvalue weighted by Gasteiger charge is 2.20. The third kappa shape index (κ3) is 6.47. The molecule has 3 aromatic rings. The Kier molecular flexibility index (Phi) is 8.86. The maximum Gasteiger partial charge on any atom is 0.301 e. The number of benzene rings is 2. The van der Waals surface area contributed by atoms with E-state index in [-0.39, 0.29) is 28.4 Å². The first kappa shape index (κ1) is 26.2. The fourth-order valence-corrected chi connectivity index (χ4v) is 3.30. The number of hydrazone groups is 1. The number of nitrogens with zero attached hydrogens (tertiary/aromatic N) is 4. The first-order chi connectivity index (χ1) is 15.2. The highest BCUT2D eigenvalue weighted by atomic mass is 79.9. The number of pyridine rings is 1. The van der Waals surface area contributed by atoms with Crippen LogP contribution in [0.1, 0.15) is 16.8 Å². The molecule has 0 radical (unpaired) electrons. The van der Waals surface area contributed by atoms with Gasteiger partial charge in [0, 0.05) is 30.7 Å². The van der Waals surface area contributed by atoms with E-state index in [4.69, 9.17) is 23.2 Å². The third-order valence-electron chi connectivity index (χ3n) is 4.68. The van der Waals surface area contributed by atoms with Crippen LogP contribution >= 0.6 is 40.2 Å². The van der Waals surface area contributed by atoms with E-state index in [2.05, 4.69) is 10.5 Å². The Balaban J connectivity index is 0.00000385. The number of anilines is 1. The van der Waals surface area contributed by atoms with Crippen LogP contribution < -0.4 is 9.99 Å². The van der Waals surface area contributed by atoms with Crippen LogP contribution in [0.4, 0.5) is 17.1 Å². The molecule has 0 aliphatic rings. The Hall–Kier alpha value is -3.08.